The van der Waals surface area contributed by atoms with Gasteiger partial charge in [-0.15, -0.1) is 0 Å². The van der Waals surface area contributed by atoms with Gasteiger partial charge in [-0.1, -0.05) is 6.58 Å². The molecule has 120 valence electrons. The molecule has 0 aromatic heterocycles. The van der Waals surface area contributed by atoms with Crippen LogP contribution in [0.4, 0.5) is 0 Å². The fourth-order valence-corrected chi connectivity index (χ4v) is 4.01. The van der Waals surface area contributed by atoms with E-state index in [-0.39, 0.29) is 25.0 Å². The molecule has 5 unspecified atom stereocenters. The molecule has 0 aromatic carbocycles. The number of ether oxygens (including phenoxy) is 2. The van der Waals surface area contributed by atoms with Crippen molar-refractivity contribution in [2.24, 2.45) is 11.8 Å². The van der Waals surface area contributed by atoms with Gasteiger partial charge >= 0.3 is 5.97 Å². The summed E-state index contributed by atoms with van der Waals surface area (Å²) in [7, 11) is 0. The van der Waals surface area contributed by atoms with Gasteiger partial charge in [0.2, 0.25) is 0 Å². The monoisotopic (exact) mass is 317 g/mol. The number of esters is 1. The zero-order chi connectivity index (χ0) is 15.6. The molecule has 0 amide bonds. The highest BCUT2D eigenvalue weighted by atomic mass is 32.2. The zero-order valence-corrected chi connectivity index (χ0v) is 13.1. The van der Waals surface area contributed by atoms with Crippen LogP contribution in [0.1, 0.15) is 33.1 Å². The topological polar surface area (TPSA) is 84.9 Å². The van der Waals surface area contributed by atoms with Crippen LogP contribution >= 0.6 is 0 Å². The maximum absolute atomic E-state index is 11.3. The van der Waals surface area contributed by atoms with Crippen LogP contribution in [0.25, 0.3) is 0 Å². The van der Waals surface area contributed by atoms with Crippen molar-refractivity contribution in [1.29, 1.82) is 0 Å². The minimum Gasteiger partial charge on any atom is -0.750 e. The van der Waals surface area contributed by atoms with Crippen LogP contribution in [0.3, 0.4) is 0 Å². The third-order valence-electron chi connectivity index (χ3n) is 4.54. The van der Waals surface area contributed by atoms with Crippen molar-refractivity contribution in [2.75, 3.05) is 13.2 Å². The standard InChI is InChI=1S/C14H22O6S/c1-9(2)13(15)18-6-7-19-14(3)11-5-4-10(8-11)12(14)20-21(16)17/h10-12H,1,4-8H2,2-3H3,(H,16,17)/p-1. The summed E-state index contributed by atoms with van der Waals surface area (Å²) in [5.41, 5.74) is -0.303. The molecule has 2 aliphatic rings. The quantitative estimate of drug-likeness (QED) is 0.306. The lowest BCUT2D eigenvalue weighted by Crippen LogP contribution is -2.49. The van der Waals surface area contributed by atoms with Gasteiger partial charge in [-0.25, -0.2) is 9.00 Å². The summed E-state index contributed by atoms with van der Waals surface area (Å²) in [5, 5.41) is 0. The predicted molar refractivity (Wildman–Crippen MR) is 74.8 cm³/mol. The number of hydrogen-bond donors (Lipinski definition) is 0. The zero-order valence-electron chi connectivity index (χ0n) is 12.3. The Morgan fingerprint density at radius 3 is 2.76 bits per heavy atom. The first kappa shape index (κ1) is 16.6. The first-order chi connectivity index (χ1) is 9.84. The van der Waals surface area contributed by atoms with Crippen molar-refractivity contribution in [1.82, 2.24) is 0 Å². The van der Waals surface area contributed by atoms with Crippen molar-refractivity contribution in [3.05, 3.63) is 12.2 Å². The highest BCUT2D eigenvalue weighted by Gasteiger charge is 2.57. The van der Waals surface area contributed by atoms with Gasteiger partial charge in [-0.05, 0) is 44.9 Å². The van der Waals surface area contributed by atoms with E-state index in [2.05, 4.69) is 6.58 Å². The average molecular weight is 317 g/mol. The number of hydrogen-bond acceptors (Lipinski definition) is 6. The minimum atomic E-state index is -2.55. The lowest BCUT2D eigenvalue weighted by atomic mass is 9.83. The Balaban J connectivity index is 1.88. The van der Waals surface area contributed by atoms with Crippen molar-refractivity contribution in [3.63, 3.8) is 0 Å². The molecule has 0 N–H and O–H groups in total. The molecule has 0 aromatic rings. The molecule has 0 radical (unpaired) electrons. The second-order valence-corrected chi connectivity index (χ2v) is 6.54. The Morgan fingerprint density at radius 1 is 1.43 bits per heavy atom. The van der Waals surface area contributed by atoms with Crippen LogP contribution in [-0.2, 0) is 29.8 Å². The maximum atomic E-state index is 11.3. The summed E-state index contributed by atoms with van der Waals surface area (Å²) >= 11 is -2.55. The fourth-order valence-electron chi connectivity index (χ4n) is 3.49. The molecule has 0 aliphatic heterocycles. The molecule has 21 heavy (non-hydrogen) atoms. The molecule has 2 bridgehead atoms. The third kappa shape index (κ3) is 3.53. The van der Waals surface area contributed by atoms with Crippen molar-refractivity contribution < 1.29 is 27.2 Å². The Labute approximate surface area is 127 Å². The summed E-state index contributed by atoms with van der Waals surface area (Å²) in [6.45, 7) is 7.29. The largest absolute Gasteiger partial charge is 0.750 e. The third-order valence-corrected chi connectivity index (χ3v) is 4.90. The molecule has 0 spiro atoms. The SMILES string of the molecule is C=C(C)C(=O)OCCOC1(C)C2CCC(C2)C1OS(=O)[O-]. The van der Waals surface area contributed by atoms with E-state index in [1.54, 1.807) is 6.92 Å². The molecule has 5 atom stereocenters. The van der Waals surface area contributed by atoms with Crippen molar-refractivity contribution in [2.45, 2.75) is 44.8 Å². The van der Waals surface area contributed by atoms with Gasteiger partial charge in [-0.2, -0.15) is 0 Å². The number of fused-ring (bicyclic) bond motifs is 2. The molecular formula is C14H21O6S-. The minimum absolute atomic E-state index is 0.117. The highest BCUT2D eigenvalue weighted by molar-refractivity contribution is 7.74. The highest BCUT2D eigenvalue weighted by Crippen LogP contribution is 2.53. The molecule has 0 saturated heterocycles. The predicted octanol–water partition coefficient (Wildman–Crippen LogP) is 1.49. The number of rotatable bonds is 7. The van der Waals surface area contributed by atoms with E-state index in [0.29, 0.717) is 5.57 Å². The average Bonchev–Trinajstić information content (AvgIpc) is 2.97. The summed E-state index contributed by atoms with van der Waals surface area (Å²) in [6.07, 6.45) is 2.45. The molecule has 6 nitrogen and oxygen atoms in total. The van der Waals surface area contributed by atoms with E-state index in [1.807, 2.05) is 6.92 Å². The summed E-state index contributed by atoms with van der Waals surface area (Å²) in [5.74, 6) is 0.0499. The van der Waals surface area contributed by atoms with E-state index in [4.69, 9.17) is 13.7 Å². The van der Waals surface area contributed by atoms with Gasteiger partial charge in [0.1, 0.15) is 12.7 Å². The second kappa shape index (κ2) is 6.56. The second-order valence-electron chi connectivity index (χ2n) is 5.94. The molecule has 0 heterocycles. The van der Waals surface area contributed by atoms with Gasteiger partial charge in [-0.3, -0.25) is 4.18 Å². The Hall–Kier alpha value is -0.760. The van der Waals surface area contributed by atoms with Crippen LogP contribution in [0.5, 0.6) is 0 Å². The van der Waals surface area contributed by atoms with Crippen molar-refractivity contribution in [3.8, 4) is 0 Å². The van der Waals surface area contributed by atoms with Crippen molar-refractivity contribution >= 4 is 17.3 Å². The first-order valence-electron chi connectivity index (χ1n) is 7.07. The molecule has 2 saturated carbocycles. The molecule has 2 rings (SSSR count). The van der Waals surface area contributed by atoms with Gasteiger partial charge in [0.05, 0.1) is 23.6 Å². The van der Waals surface area contributed by atoms with Gasteiger partial charge < -0.3 is 14.0 Å². The molecule has 2 aliphatic carbocycles. The van der Waals surface area contributed by atoms with Crippen LogP contribution in [0, 0.1) is 11.8 Å². The van der Waals surface area contributed by atoms with Crippen LogP contribution < -0.4 is 0 Å². The summed E-state index contributed by atoms with van der Waals surface area (Å²) < 4.78 is 37.6. The van der Waals surface area contributed by atoms with Crippen LogP contribution in [-0.4, -0.2) is 39.6 Å². The van der Waals surface area contributed by atoms with Crippen LogP contribution in [0.2, 0.25) is 0 Å². The van der Waals surface area contributed by atoms with Gasteiger partial charge in [0, 0.05) is 5.57 Å². The first-order valence-corrected chi connectivity index (χ1v) is 8.07. The maximum Gasteiger partial charge on any atom is 0.333 e. The van der Waals surface area contributed by atoms with E-state index in [9.17, 15) is 13.6 Å². The summed E-state index contributed by atoms with van der Waals surface area (Å²) in [4.78, 5) is 11.3. The molecule has 7 heteroatoms. The van der Waals surface area contributed by atoms with Crippen LogP contribution in [0.15, 0.2) is 12.2 Å². The number of carbonyl (C=O) groups is 1. The van der Waals surface area contributed by atoms with Gasteiger partial charge in [0.15, 0.2) is 0 Å². The lowest BCUT2D eigenvalue weighted by molar-refractivity contribution is -0.153. The fraction of sp³-hybridized carbons (Fsp3) is 0.786. The van der Waals surface area contributed by atoms with E-state index >= 15 is 0 Å². The Kier molecular flexibility index (Phi) is 5.19. The molecular weight excluding hydrogens is 296 g/mol. The Bertz CT molecular complexity index is 451. The smallest absolute Gasteiger partial charge is 0.333 e. The van der Waals surface area contributed by atoms with Gasteiger partial charge in [0.25, 0.3) is 0 Å². The summed E-state index contributed by atoms with van der Waals surface area (Å²) in [6, 6.07) is 0. The normalized spacial score (nSPS) is 35.7. The Morgan fingerprint density at radius 2 is 2.14 bits per heavy atom. The lowest BCUT2D eigenvalue weighted by Gasteiger charge is -2.40. The van der Waals surface area contributed by atoms with E-state index in [0.717, 1.165) is 19.3 Å². The van der Waals surface area contributed by atoms with E-state index < -0.39 is 29.0 Å². The number of carbonyl (C=O) groups excluding carboxylic acids is 1. The molecule has 2 fully saturated rings. The van der Waals surface area contributed by atoms with E-state index in [1.165, 1.54) is 0 Å².